The number of nitrogens with zero attached hydrogens (tertiary/aromatic N) is 2. The second kappa shape index (κ2) is 4.97. The zero-order valence-electron chi connectivity index (χ0n) is 10.1. The van der Waals surface area contributed by atoms with E-state index in [1.165, 1.54) is 5.01 Å². The van der Waals surface area contributed by atoms with Crippen molar-refractivity contribution >= 4 is 33.2 Å². The Morgan fingerprint density at radius 3 is 2.42 bits per heavy atom. The van der Waals surface area contributed by atoms with Crippen LogP contribution >= 0.6 is 15.9 Å². The van der Waals surface area contributed by atoms with Crippen LogP contribution in [0.25, 0.3) is 0 Å². The molecule has 0 unspecified atom stereocenters. The number of benzene rings is 2. The highest BCUT2D eigenvalue weighted by Gasteiger charge is 2.26. The fourth-order valence-corrected chi connectivity index (χ4v) is 2.48. The maximum Gasteiger partial charge on any atom is 0.253 e. The van der Waals surface area contributed by atoms with Crippen molar-refractivity contribution in [3.8, 4) is 0 Å². The molecule has 19 heavy (non-hydrogen) atoms. The minimum absolute atomic E-state index is 0.00856. The van der Waals surface area contributed by atoms with E-state index >= 15 is 0 Å². The average Bonchev–Trinajstić information content (AvgIpc) is 2.82. The van der Waals surface area contributed by atoms with Crippen LogP contribution in [0, 0.1) is 0 Å². The predicted molar refractivity (Wildman–Crippen MR) is 79.2 cm³/mol. The number of hydrogen-bond acceptors (Lipinski definition) is 2. The van der Waals surface area contributed by atoms with Crippen molar-refractivity contribution in [3.63, 3.8) is 0 Å². The molecule has 3 rings (SSSR count). The summed E-state index contributed by atoms with van der Waals surface area (Å²) in [5.74, 6) is -0.00856. The van der Waals surface area contributed by atoms with E-state index in [0.717, 1.165) is 21.4 Å². The smallest absolute Gasteiger partial charge is 0.253 e. The number of rotatable bonds is 2. The quantitative estimate of drug-likeness (QED) is 0.833. The third kappa shape index (κ3) is 2.31. The minimum Gasteiger partial charge on any atom is -0.272 e. The molecule has 2 aromatic rings. The molecule has 1 amide bonds. The van der Waals surface area contributed by atoms with E-state index in [4.69, 9.17) is 0 Å². The molecule has 0 bridgehead atoms. The largest absolute Gasteiger partial charge is 0.272 e. The van der Waals surface area contributed by atoms with E-state index in [1.54, 1.807) is 0 Å². The van der Waals surface area contributed by atoms with Gasteiger partial charge in [0.25, 0.3) is 5.91 Å². The van der Waals surface area contributed by atoms with E-state index in [2.05, 4.69) is 21.0 Å². The van der Waals surface area contributed by atoms with Crippen LogP contribution in [0.2, 0.25) is 0 Å². The fourth-order valence-electron chi connectivity index (χ4n) is 2.03. The number of anilines is 1. The molecule has 1 aliphatic rings. The van der Waals surface area contributed by atoms with Crippen LogP contribution in [0.4, 0.5) is 5.69 Å². The maximum atomic E-state index is 12.1. The lowest BCUT2D eigenvalue weighted by atomic mass is 10.1. The van der Waals surface area contributed by atoms with Gasteiger partial charge in [0.15, 0.2) is 0 Å². The summed E-state index contributed by atoms with van der Waals surface area (Å²) >= 11 is 3.45. The molecular weight excluding hydrogens is 304 g/mol. The number of hydrazone groups is 1. The third-order valence-corrected chi connectivity index (χ3v) is 3.63. The number of halogens is 1. The zero-order valence-corrected chi connectivity index (χ0v) is 11.7. The topological polar surface area (TPSA) is 32.7 Å². The Balaban J connectivity index is 1.99. The molecule has 3 nitrogen and oxygen atoms in total. The summed E-state index contributed by atoms with van der Waals surface area (Å²) in [6.45, 7) is 0. The fraction of sp³-hybridized carbons (Fsp3) is 0.0667. The van der Waals surface area contributed by atoms with Gasteiger partial charge in [-0.15, -0.1) is 0 Å². The molecule has 0 saturated heterocycles. The Kier molecular flexibility index (Phi) is 3.17. The highest BCUT2D eigenvalue weighted by Crippen LogP contribution is 2.29. The highest BCUT2D eigenvalue weighted by molar-refractivity contribution is 9.10. The van der Waals surface area contributed by atoms with E-state index in [-0.39, 0.29) is 5.91 Å². The summed E-state index contributed by atoms with van der Waals surface area (Å²) in [6, 6.07) is 17.4. The Bertz CT molecular complexity index is 652. The maximum absolute atomic E-state index is 12.1. The van der Waals surface area contributed by atoms with Crippen molar-refractivity contribution in [2.24, 2.45) is 5.10 Å². The summed E-state index contributed by atoms with van der Waals surface area (Å²) in [5.41, 5.74) is 2.57. The summed E-state index contributed by atoms with van der Waals surface area (Å²) in [6.07, 6.45) is 0.339. The molecule has 0 fully saturated rings. The normalized spacial score (nSPS) is 14.7. The van der Waals surface area contributed by atoms with Crippen molar-refractivity contribution in [2.45, 2.75) is 6.42 Å². The molecule has 94 valence electrons. The Morgan fingerprint density at radius 2 is 1.68 bits per heavy atom. The average molecular weight is 315 g/mol. The predicted octanol–water partition coefficient (Wildman–Crippen LogP) is 3.59. The van der Waals surface area contributed by atoms with E-state index in [9.17, 15) is 4.79 Å². The van der Waals surface area contributed by atoms with Gasteiger partial charge in [-0.25, -0.2) is 0 Å². The first-order valence-electron chi connectivity index (χ1n) is 5.96. The highest BCUT2D eigenvalue weighted by atomic mass is 79.9. The lowest BCUT2D eigenvalue weighted by Gasteiger charge is -2.12. The molecule has 0 N–H and O–H groups in total. The van der Waals surface area contributed by atoms with Gasteiger partial charge in [0, 0.05) is 4.47 Å². The molecule has 0 saturated carbocycles. The number of hydrogen-bond donors (Lipinski definition) is 0. The summed E-state index contributed by atoms with van der Waals surface area (Å²) in [4.78, 5) is 12.1. The molecule has 0 atom stereocenters. The minimum atomic E-state index is -0.00856. The van der Waals surface area contributed by atoms with Crippen LogP contribution in [0.1, 0.15) is 12.0 Å². The molecule has 1 heterocycles. The molecular formula is C15H11BrN2O. The first-order chi connectivity index (χ1) is 9.25. The van der Waals surface area contributed by atoms with Gasteiger partial charge in [0.2, 0.25) is 0 Å². The first kappa shape index (κ1) is 12.1. The monoisotopic (exact) mass is 314 g/mol. The van der Waals surface area contributed by atoms with Gasteiger partial charge >= 0.3 is 0 Å². The Labute approximate surface area is 119 Å². The molecule has 0 radical (unpaired) electrons. The van der Waals surface area contributed by atoms with Gasteiger partial charge in [-0.1, -0.05) is 42.5 Å². The van der Waals surface area contributed by atoms with Gasteiger partial charge in [0.05, 0.1) is 17.8 Å². The van der Waals surface area contributed by atoms with Crippen LogP contribution in [-0.4, -0.2) is 11.6 Å². The Hall–Kier alpha value is -1.94. The van der Waals surface area contributed by atoms with E-state index < -0.39 is 0 Å². The molecule has 2 aromatic carbocycles. The van der Waals surface area contributed by atoms with Crippen LogP contribution in [-0.2, 0) is 4.79 Å². The van der Waals surface area contributed by atoms with Crippen molar-refractivity contribution in [2.75, 3.05) is 5.01 Å². The van der Waals surface area contributed by atoms with Gasteiger partial charge in [0.1, 0.15) is 0 Å². The van der Waals surface area contributed by atoms with Crippen molar-refractivity contribution in [1.29, 1.82) is 0 Å². The van der Waals surface area contributed by atoms with E-state index in [1.807, 2.05) is 54.6 Å². The van der Waals surface area contributed by atoms with Crippen LogP contribution in [0.15, 0.2) is 64.2 Å². The number of para-hydroxylation sites is 1. The summed E-state index contributed by atoms with van der Waals surface area (Å²) < 4.78 is 0.862. The zero-order chi connectivity index (χ0) is 13.2. The van der Waals surface area contributed by atoms with Gasteiger partial charge in [-0.2, -0.15) is 10.1 Å². The lowest BCUT2D eigenvalue weighted by molar-refractivity contribution is -0.116. The standard InChI is InChI=1S/C15H11BrN2O/c16-12-8-4-5-9-14(12)18-15(19)10-13(17-18)11-6-2-1-3-7-11/h1-9H,10H2. The second-order valence-corrected chi connectivity index (χ2v) is 5.10. The van der Waals surface area contributed by atoms with Crippen LogP contribution < -0.4 is 5.01 Å². The summed E-state index contributed by atoms with van der Waals surface area (Å²) in [5, 5.41) is 5.91. The third-order valence-electron chi connectivity index (χ3n) is 2.96. The van der Waals surface area contributed by atoms with Crippen LogP contribution in [0.3, 0.4) is 0 Å². The van der Waals surface area contributed by atoms with E-state index in [0.29, 0.717) is 6.42 Å². The molecule has 0 aromatic heterocycles. The van der Waals surface area contributed by atoms with Gasteiger partial charge in [-0.3, -0.25) is 4.79 Å². The first-order valence-corrected chi connectivity index (χ1v) is 6.75. The second-order valence-electron chi connectivity index (χ2n) is 4.25. The summed E-state index contributed by atoms with van der Waals surface area (Å²) in [7, 11) is 0. The number of amides is 1. The molecule has 1 aliphatic heterocycles. The molecule has 0 aliphatic carbocycles. The molecule has 4 heteroatoms. The molecule has 0 spiro atoms. The van der Waals surface area contributed by atoms with Crippen molar-refractivity contribution in [1.82, 2.24) is 0 Å². The lowest BCUT2D eigenvalue weighted by Crippen LogP contribution is -2.19. The Morgan fingerprint density at radius 1 is 1.00 bits per heavy atom. The number of carbonyl (C=O) groups is 1. The van der Waals surface area contributed by atoms with Gasteiger partial charge < -0.3 is 0 Å². The van der Waals surface area contributed by atoms with Gasteiger partial charge in [-0.05, 0) is 33.6 Å². The SMILES string of the molecule is O=C1CC(c2ccccc2)=NN1c1ccccc1Br. The van der Waals surface area contributed by atoms with Crippen molar-refractivity contribution < 1.29 is 4.79 Å². The van der Waals surface area contributed by atoms with Crippen molar-refractivity contribution in [3.05, 3.63) is 64.6 Å². The number of carbonyl (C=O) groups excluding carboxylic acids is 1. The van der Waals surface area contributed by atoms with Crippen LogP contribution in [0.5, 0.6) is 0 Å².